The first kappa shape index (κ1) is 21.4. The van der Waals surface area contributed by atoms with Crippen LogP contribution in [0.3, 0.4) is 0 Å². The van der Waals surface area contributed by atoms with Gasteiger partial charge in [0.2, 0.25) is 0 Å². The predicted molar refractivity (Wildman–Crippen MR) is 116 cm³/mol. The number of benzene rings is 3. The fourth-order valence-electron chi connectivity index (χ4n) is 2.94. The molecule has 1 N–H and O–H groups in total. The molecule has 6 heteroatoms. The second-order valence-electron chi connectivity index (χ2n) is 6.51. The zero-order valence-electron chi connectivity index (χ0n) is 16.1. The summed E-state index contributed by atoms with van der Waals surface area (Å²) in [5.41, 5.74) is 2.53. The Balaban J connectivity index is 1.62. The Hall–Kier alpha value is -2.27. The van der Waals surface area contributed by atoms with Gasteiger partial charge in [0.05, 0.1) is 17.2 Å². The number of nitrogens with one attached hydrogen (secondary N) is 1. The molecule has 0 atom stereocenters. The third-order valence-corrected chi connectivity index (χ3v) is 5.11. The van der Waals surface area contributed by atoms with Gasteiger partial charge in [-0.15, -0.1) is 0 Å². The molecular weight excluding hydrogens is 412 g/mol. The Kier molecular flexibility index (Phi) is 7.76. The van der Waals surface area contributed by atoms with Crippen molar-refractivity contribution in [3.05, 3.63) is 93.2 Å². The van der Waals surface area contributed by atoms with Gasteiger partial charge in [-0.3, -0.25) is 0 Å². The molecule has 152 valence electrons. The molecule has 0 aliphatic carbocycles. The van der Waals surface area contributed by atoms with E-state index in [0.29, 0.717) is 28.1 Å². The molecule has 0 saturated heterocycles. The molecule has 0 unspecified atom stereocenters. The Bertz CT molecular complexity index is 931. The molecule has 0 fully saturated rings. The van der Waals surface area contributed by atoms with Crippen LogP contribution in [-0.2, 0) is 19.6 Å². The van der Waals surface area contributed by atoms with Crippen LogP contribution in [-0.4, -0.2) is 13.7 Å². The van der Waals surface area contributed by atoms with Crippen molar-refractivity contribution in [2.45, 2.75) is 19.6 Å². The predicted octanol–water partition coefficient (Wildman–Crippen LogP) is 6.05. The SMILES string of the molecule is COc1cc(CNCCc2ccccc2)cc(Cl)c1OCc1c(F)cccc1Cl. The zero-order valence-corrected chi connectivity index (χ0v) is 17.6. The van der Waals surface area contributed by atoms with Crippen LogP contribution in [0.1, 0.15) is 16.7 Å². The minimum Gasteiger partial charge on any atom is -0.493 e. The molecule has 0 bridgehead atoms. The summed E-state index contributed by atoms with van der Waals surface area (Å²) in [6.07, 6.45) is 0.941. The van der Waals surface area contributed by atoms with E-state index in [2.05, 4.69) is 17.4 Å². The summed E-state index contributed by atoms with van der Waals surface area (Å²) in [5.74, 6) is 0.429. The lowest BCUT2D eigenvalue weighted by Gasteiger charge is -2.15. The van der Waals surface area contributed by atoms with Gasteiger partial charge in [-0.2, -0.15) is 0 Å². The van der Waals surface area contributed by atoms with Crippen molar-refractivity contribution in [2.75, 3.05) is 13.7 Å². The number of ether oxygens (including phenoxy) is 2. The molecule has 3 rings (SSSR count). The molecule has 0 radical (unpaired) electrons. The average molecular weight is 434 g/mol. The molecule has 0 aliphatic rings. The highest BCUT2D eigenvalue weighted by molar-refractivity contribution is 6.32. The van der Waals surface area contributed by atoms with Crippen molar-refractivity contribution >= 4 is 23.2 Å². The van der Waals surface area contributed by atoms with E-state index >= 15 is 0 Å². The van der Waals surface area contributed by atoms with Crippen molar-refractivity contribution in [3.8, 4) is 11.5 Å². The fourth-order valence-corrected chi connectivity index (χ4v) is 3.45. The van der Waals surface area contributed by atoms with Crippen LogP contribution >= 0.6 is 23.2 Å². The highest BCUT2D eigenvalue weighted by Gasteiger charge is 2.15. The van der Waals surface area contributed by atoms with Crippen molar-refractivity contribution in [1.82, 2.24) is 5.32 Å². The smallest absolute Gasteiger partial charge is 0.180 e. The molecule has 0 spiro atoms. The third kappa shape index (κ3) is 5.86. The second kappa shape index (κ2) is 10.5. The van der Waals surface area contributed by atoms with Crippen molar-refractivity contribution in [1.29, 1.82) is 0 Å². The van der Waals surface area contributed by atoms with E-state index < -0.39 is 5.82 Å². The Morgan fingerprint density at radius 2 is 1.72 bits per heavy atom. The molecule has 3 aromatic carbocycles. The summed E-state index contributed by atoms with van der Waals surface area (Å²) in [4.78, 5) is 0. The van der Waals surface area contributed by atoms with Gasteiger partial charge in [0.1, 0.15) is 12.4 Å². The maximum absolute atomic E-state index is 14.0. The minimum atomic E-state index is -0.424. The first-order valence-corrected chi connectivity index (χ1v) is 10.0. The highest BCUT2D eigenvalue weighted by Crippen LogP contribution is 2.37. The molecule has 0 heterocycles. The van der Waals surface area contributed by atoms with Crippen molar-refractivity contribution < 1.29 is 13.9 Å². The standard InChI is InChI=1S/C23H22Cl2FNO2/c1-28-22-13-17(14-27-11-10-16-6-3-2-4-7-16)12-20(25)23(22)29-15-18-19(24)8-5-9-21(18)26/h2-9,12-13,27H,10-11,14-15H2,1H3. The number of hydrogen-bond acceptors (Lipinski definition) is 3. The fraction of sp³-hybridized carbons (Fsp3) is 0.217. The molecular formula is C23H22Cl2FNO2. The number of methoxy groups -OCH3 is 1. The van der Waals surface area contributed by atoms with Crippen LogP contribution in [0.2, 0.25) is 10.0 Å². The van der Waals surface area contributed by atoms with E-state index in [1.807, 2.05) is 30.3 Å². The summed E-state index contributed by atoms with van der Waals surface area (Å²) in [7, 11) is 1.54. The van der Waals surface area contributed by atoms with Gasteiger partial charge >= 0.3 is 0 Å². The van der Waals surface area contributed by atoms with Crippen LogP contribution < -0.4 is 14.8 Å². The topological polar surface area (TPSA) is 30.5 Å². The largest absolute Gasteiger partial charge is 0.493 e. The van der Waals surface area contributed by atoms with Gasteiger partial charge in [0.25, 0.3) is 0 Å². The van der Waals surface area contributed by atoms with Crippen LogP contribution in [0, 0.1) is 5.82 Å². The van der Waals surface area contributed by atoms with Crippen LogP contribution in [0.15, 0.2) is 60.7 Å². The summed E-state index contributed by atoms with van der Waals surface area (Å²) < 4.78 is 25.1. The Morgan fingerprint density at radius 1 is 0.931 bits per heavy atom. The van der Waals surface area contributed by atoms with E-state index in [0.717, 1.165) is 18.5 Å². The monoisotopic (exact) mass is 433 g/mol. The minimum absolute atomic E-state index is 0.0454. The summed E-state index contributed by atoms with van der Waals surface area (Å²) in [6.45, 7) is 1.44. The van der Waals surface area contributed by atoms with E-state index in [-0.39, 0.29) is 12.2 Å². The van der Waals surface area contributed by atoms with Crippen LogP contribution in [0.5, 0.6) is 11.5 Å². The average Bonchev–Trinajstić information content (AvgIpc) is 2.72. The number of halogens is 3. The molecule has 29 heavy (non-hydrogen) atoms. The molecule has 0 amide bonds. The quantitative estimate of drug-likeness (QED) is 0.416. The molecule has 3 nitrogen and oxygen atoms in total. The van der Waals surface area contributed by atoms with Crippen LogP contribution in [0.25, 0.3) is 0 Å². The number of hydrogen-bond donors (Lipinski definition) is 1. The summed E-state index contributed by atoms with van der Waals surface area (Å²) >= 11 is 12.5. The lowest BCUT2D eigenvalue weighted by Crippen LogP contribution is -2.16. The molecule has 0 aromatic heterocycles. The van der Waals surface area contributed by atoms with Crippen molar-refractivity contribution in [2.24, 2.45) is 0 Å². The van der Waals surface area contributed by atoms with E-state index in [1.54, 1.807) is 19.2 Å². The van der Waals surface area contributed by atoms with Crippen molar-refractivity contribution in [3.63, 3.8) is 0 Å². The second-order valence-corrected chi connectivity index (χ2v) is 7.32. The van der Waals surface area contributed by atoms with Gasteiger partial charge in [-0.25, -0.2) is 4.39 Å². The zero-order chi connectivity index (χ0) is 20.6. The van der Waals surface area contributed by atoms with Gasteiger partial charge in [-0.05, 0) is 48.4 Å². The lowest BCUT2D eigenvalue weighted by molar-refractivity contribution is 0.280. The molecule has 0 saturated carbocycles. The summed E-state index contributed by atoms with van der Waals surface area (Å²) in [6, 6.07) is 18.5. The van der Waals surface area contributed by atoms with E-state index in [1.165, 1.54) is 11.6 Å². The van der Waals surface area contributed by atoms with Gasteiger partial charge in [-0.1, -0.05) is 59.6 Å². The molecule has 0 aliphatic heterocycles. The normalized spacial score (nSPS) is 10.8. The van der Waals surface area contributed by atoms with Gasteiger partial charge in [0, 0.05) is 12.1 Å². The summed E-state index contributed by atoms with van der Waals surface area (Å²) in [5, 5.41) is 4.10. The van der Waals surface area contributed by atoms with E-state index in [4.69, 9.17) is 32.7 Å². The van der Waals surface area contributed by atoms with Gasteiger partial charge < -0.3 is 14.8 Å². The highest BCUT2D eigenvalue weighted by atomic mass is 35.5. The number of rotatable bonds is 9. The third-order valence-electron chi connectivity index (χ3n) is 4.47. The molecule has 3 aromatic rings. The van der Waals surface area contributed by atoms with Gasteiger partial charge in [0.15, 0.2) is 11.5 Å². The van der Waals surface area contributed by atoms with E-state index in [9.17, 15) is 4.39 Å². The first-order chi connectivity index (χ1) is 14.1. The first-order valence-electron chi connectivity index (χ1n) is 9.25. The lowest BCUT2D eigenvalue weighted by atomic mass is 10.1. The Labute approximate surface area is 180 Å². The Morgan fingerprint density at radius 3 is 2.45 bits per heavy atom. The maximum Gasteiger partial charge on any atom is 0.180 e. The van der Waals surface area contributed by atoms with Crippen LogP contribution in [0.4, 0.5) is 4.39 Å². The maximum atomic E-state index is 14.0.